The van der Waals surface area contributed by atoms with Crippen LogP contribution in [0.5, 0.6) is 0 Å². The number of carboxylic acids is 1. The Morgan fingerprint density at radius 3 is 2.67 bits per heavy atom. The summed E-state index contributed by atoms with van der Waals surface area (Å²) < 4.78 is 5.34. The molecule has 104 valence electrons. The lowest BCUT2D eigenvalue weighted by Crippen LogP contribution is -2.40. The monoisotopic (exact) mass is 275 g/mol. The molecule has 0 aliphatic carbocycles. The molecule has 1 atom stereocenters. The third kappa shape index (κ3) is 5.16. The minimum absolute atomic E-state index is 0.0820. The fourth-order valence-corrected chi connectivity index (χ4v) is 2.76. The van der Waals surface area contributed by atoms with Gasteiger partial charge in [0, 0.05) is 18.3 Å². The average molecular weight is 275 g/mol. The van der Waals surface area contributed by atoms with Crippen LogP contribution in [0.25, 0.3) is 0 Å². The summed E-state index contributed by atoms with van der Waals surface area (Å²) in [7, 11) is 0. The van der Waals surface area contributed by atoms with E-state index in [4.69, 9.17) is 9.84 Å². The first-order valence-corrected chi connectivity index (χ1v) is 7.24. The highest BCUT2D eigenvalue weighted by atomic mass is 32.2. The van der Waals surface area contributed by atoms with E-state index >= 15 is 0 Å². The Morgan fingerprint density at radius 2 is 2.11 bits per heavy atom. The van der Waals surface area contributed by atoms with Crippen molar-refractivity contribution in [2.75, 3.05) is 18.1 Å². The maximum absolute atomic E-state index is 11.9. The summed E-state index contributed by atoms with van der Waals surface area (Å²) >= 11 is 1.35. The summed E-state index contributed by atoms with van der Waals surface area (Å²) in [4.78, 5) is 24.1. The predicted molar refractivity (Wildman–Crippen MR) is 70.9 cm³/mol. The molecule has 0 spiro atoms. The second kappa shape index (κ2) is 6.31. The lowest BCUT2D eigenvalue weighted by atomic mass is 10.2. The smallest absolute Gasteiger partial charge is 0.410 e. The van der Waals surface area contributed by atoms with Gasteiger partial charge in [-0.25, -0.2) is 4.79 Å². The van der Waals surface area contributed by atoms with Crippen molar-refractivity contribution in [2.24, 2.45) is 0 Å². The fourth-order valence-electron chi connectivity index (χ4n) is 1.85. The molecule has 1 aliphatic heterocycles. The maximum atomic E-state index is 11.9. The number of rotatable bonds is 4. The van der Waals surface area contributed by atoms with Crippen LogP contribution in [-0.4, -0.2) is 51.8 Å². The number of hydrogen-bond acceptors (Lipinski definition) is 4. The number of likely N-dealkylation sites (tertiary alicyclic amines) is 1. The Labute approximate surface area is 112 Å². The van der Waals surface area contributed by atoms with Gasteiger partial charge in [-0.3, -0.25) is 4.79 Å². The summed E-state index contributed by atoms with van der Waals surface area (Å²) in [6.07, 6.45) is 1.59. The van der Waals surface area contributed by atoms with E-state index in [0.29, 0.717) is 12.3 Å². The molecule has 0 radical (unpaired) electrons. The molecule has 1 heterocycles. The number of amides is 1. The highest BCUT2D eigenvalue weighted by Crippen LogP contribution is 2.23. The van der Waals surface area contributed by atoms with E-state index in [-0.39, 0.29) is 17.9 Å². The van der Waals surface area contributed by atoms with Gasteiger partial charge in [0.25, 0.3) is 0 Å². The number of aliphatic carboxylic acids is 1. The molecule has 6 heteroatoms. The number of carbonyl (C=O) groups excluding carboxylic acids is 1. The zero-order valence-electron chi connectivity index (χ0n) is 11.1. The molecule has 1 saturated heterocycles. The first kappa shape index (κ1) is 15.1. The summed E-state index contributed by atoms with van der Waals surface area (Å²) in [6.45, 7) is 6.23. The van der Waals surface area contributed by atoms with Crippen LogP contribution in [0, 0.1) is 0 Å². The molecule has 1 aliphatic rings. The van der Waals surface area contributed by atoms with Crippen LogP contribution in [0.4, 0.5) is 4.79 Å². The van der Waals surface area contributed by atoms with Crippen LogP contribution in [0.1, 0.15) is 33.6 Å². The first-order chi connectivity index (χ1) is 8.29. The van der Waals surface area contributed by atoms with Crippen LogP contribution in [0.2, 0.25) is 0 Å². The van der Waals surface area contributed by atoms with E-state index in [1.165, 1.54) is 11.8 Å². The fraction of sp³-hybridized carbons (Fsp3) is 0.833. The van der Waals surface area contributed by atoms with Crippen molar-refractivity contribution in [1.29, 1.82) is 0 Å². The number of carbonyl (C=O) groups is 2. The van der Waals surface area contributed by atoms with Gasteiger partial charge in [0.15, 0.2) is 0 Å². The third-order valence-electron chi connectivity index (χ3n) is 2.54. The van der Waals surface area contributed by atoms with Crippen molar-refractivity contribution in [3.05, 3.63) is 0 Å². The van der Waals surface area contributed by atoms with Gasteiger partial charge in [0.1, 0.15) is 5.60 Å². The molecule has 18 heavy (non-hydrogen) atoms. The van der Waals surface area contributed by atoms with E-state index in [1.54, 1.807) is 4.90 Å². The number of ether oxygens (including phenoxy) is 1. The summed E-state index contributed by atoms with van der Waals surface area (Å²) in [5.74, 6) is -0.0775. The molecular formula is C12H21NO4S. The number of carboxylic acid groups (broad SMARTS) is 1. The second-order valence-electron chi connectivity index (χ2n) is 5.38. The Hall–Kier alpha value is -0.910. The van der Waals surface area contributed by atoms with Crippen LogP contribution in [-0.2, 0) is 9.53 Å². The molecule has 0 aromatic rings. The second-order valence-corrected chi connectivity index (χ2v) is 6.41. The molecule has 1 rings (SSSR count). The van der Waals surface area contributed by atoms with Crippen molar-refractivity contribution in [3.63, 3.8) is 0 Å². The maximum Gasteiger partial charge on any atom is 0.410 e. The standard InChI is InChI=1S/C12H21NO4S/c1-12(2,3)17-11(16)13-6-4-5-9(13)7-18-8-10(14)15/h9H,4-8H2,1-3H3,(H,14,15). The molecule has 0 aromatic carbocycles. The van der Waals surface area contributed by atoms with Crippen molar-refractivity contribution in [3.8, 4) is 0 Å². The van der Waals surface area contributed by atoms with Gasteiger partial charge in [0.2, 0.25) is 0 Å². The quantitative estimate of drug-likeness (QED) is 0.852. The molecule has 0 aromatic heterocycles. The van der Waals surface area contributed by atoms with Crippen molar-refractivity contribution >= 4 is 23.8 Å². The third-order valence-corrected chi connectivity index (χ3v) is 3.61. The Balaban J connectivity index is 2.43. The molecule has 1 amide bonds. The normalized spacial score (nSPS) is 19.9. The predicted octanol–water partition coefficient (Wildman–Crippen LogP) is 2.20. The first-order valence-electron chi connectivity index (χ1n) is 6.09. The van der Waals surface area contributed by atoms with Gasteiger partial charge in [-0.05, 0) is 33.6 Å². The van der Waals surface area contributed by atoms with Gasteiger partial charge in [-0.15, -0.1) is 11.8 Å². The van der Waals surface area contributed by atoms with Gasteiger partial charge < -0.3 is 14.7 Å². The Morgan fingerprint density at radius 1 is 1.44 bits per heavy atom. The lowest BCUT2D eigenvalue weighted by Gasteiger charge is -2.28. The largest absolute Gasteiger partial charge is 0.481 e. The molecule has 0 bridgehead atoms. The number of thioether (sulfide) groups is 1. The minimum Gasteiger partial charge on any atom is -0.481 e. The molecule has 1 N–H and O–H groups in total. The summed E-state index contributed by atoms with van der Waals surface area (Å²) in [6, 6.07) is 0.101. The average Bonchev–Trinajstić information content (AvgIpc) is 2.62. The van der Waals surface area contributed by atoms with E-state index in [2.05, 4.69) is 0 Å². The topological polar surface area (TPSA) is 66.8 Å². The zero-order chi connectivity index (χ0) is 13.8. The van der Waals surface area contributed by atoms with Crippen molar-refractivity contribution < 1.29 is 19.4 Å². The van der Waals surface area contributed by atoms with Gasteiger partial charge in [-0.1, -0.05) is 0 Å². The van der Waals surface area contributed by atoms with Gasteiger partial charge in [-0.2, -0.15) is 0 Å². The van der Waals surface area contributed by atoms with Crippen LogP contribution in [0.15, 0.2) is 0 Å². The van der Waals surface area contributed by atoms with E-state index in [1.807, 2.05) is 20.8 Å². The Bertz CT molecular complexity index is 314. The number of nitrogens with zero attached hydrogens (tertiary/aromatic N) is 1. The molecule has 5 nitrogen and oxygen atoms in total. The zero-order valence-corrected chi connectivity index (χ0v) is 12.0. The van der Waals surface area contributed by atoms with Crippen molar-refractivity contribution in [2.45, 2.75) is 45.3 Å². The minimum atomic E-state index is -0.818. The van der Waals surface area contributed by atoms with Crippen molar-refractivity contribution in [1.82, 2.24) is 4.90 Å². The Kier molecular flexibility index (Phi) is 5.31. The molecule has 1 unspecified atom stereocenters. The van der Waals surface area contributed by atoms with Crippen LogP contribution >= 0.6 is 11.8 Å². The molecular weight excluding hydrogens is 254 g/mol. The van der Waals surface area contributed by atoms with Gasteiger partial charge >= 0.3 is 12.1 Å². The highest BCUT2D eigenvalue weighted by molar-refractivity contribution is 7.99. The summed E-state index contributed by atoms with van der Waals surface area (Å²) in [5.41, 5.74) is -0.488. The summed E-state index contributed by atoms with van der Waals surface area (Å²) in [5, 5.41) is 8.59. The number of hydrogen-bond donors (Lipinski definition) is 1. The van der Waals surface area contributed by atoms with E-state index in [0.717, 1.165) is 12.8 Å². The van der Waals surface area contributed by atoms with Crippen LogP contribution < -0.4 is 0 Å². The SMILES string of the molecule is CC(C)(C)OC(=O)N1CCCC1CSCC(=O)O. The van der Waals surface area contributed by atoms with E-state index in [9.17, 15) is 9.59 Å². The molecule has 0 saturated carbocycles. The molecule has 1 fully saturated rings. The lowest BCUT2D eigenvalue weighted by molar-refractivity contribution is -0.133. The van der Waals surface area contributed by atoms with Gasteiger partial charge in [0.05, 0.1) is 5.75 Å². The van der Waals surface area contributed by atoms with Crippen LogP contribution in [0.3, 0.4) is 0 Å². The highest BCUT2D eigenvalue weighted by Gasteiger charge is 2.31. The van der Waals surface area contributed by atoms with E-state index < -0.39 is 11.6 Å².